The van der Waals surface area contributed by atoms with Gasteiger partial charge in [0.1, 0.15) is 12.9 Å². The molecule has 0 aliphatic heterocycles. The minimum atomic E-state index is 0.301. The first-order valence-corrected chi connectivity index (χ1v) is 6.59. The van der Waals surface area contributed by atoms with Crippen molar-refractivity contribution in [2.24, 2.45) is 0 Å². The van der Waals surface area contributed by atoms with Gasteiger partial charge < -0.3 is 9.47 Å². The van der Waals surface area contributed by atoms with E-state index < -0.39 is 0 Å². The quantitative estimate of drug-likeness (QED) is 0.768. The second-order valence-electron chi connectivity index (χ2n) is 4.07. The van der Waals surface area contributed by atoms with Gasteiger partial charge in [-0.1, -0.05) is 29.3 Å². The minimum absolute atomic E-state index is 0.301. The Balaban J connectivity index is 2.17. The predicted octanol–water partition coefficient (Wildman–Crippen LogP) is 4.39. The molecule has 2 rings (SSSR count). The van der Waals surface area contributed by atoms with Crippen molar-refractivity contribution < 1.29 is 14.3 Å². The van der Waals surface area contributed by atoms with Crippen molar-refractivity contribution in [2.45, 2.75) is 6.61 Å². The summed E-state index contributed by atoms with van der Waals surface area (Å²) in [5.74, 6) is 1.07. The number of ether oxygens (including phenoxy) is 2. The van der Waals surface area contributed by atoms with Gasteiger partial charge in [-0.05, 0) is 35.9 Å². The fraction of sp³-hybridized carbons (Fsp3) is 0.133. The van der Waals surface area contributed by atoms with Gasteiger partial charge in [0, 0.05) is 5.56 Å². The summed E-state index contributed by atoms with van der Waals surface area (Å²) in [6.45, 7) is 0.301. The summed E-state index contributed by atoms with van der Waals surface area (Å²) in [6.07, 6.45) is 0.755. The number of halogens is 2. The van der Waals surface area contributed by atoms with Crippen LogP contribution in [0.1, 0.15) is 15.9 Å². The lowest BCUT2D eigenvalue weighted by molar-refractivity contribution is 0.112. The lowest BCUT2D eigenvalue weighted by Crippen LogP contribution is -1.98. The average Bonchev–Trinajstić information content (AvgIpc) is 2.48. The van der Waals surface area contributed by atoms with E-state index in [-0.39, 0.29) is 0 Å². The van der Waals surface area contributed by atoms with Crippen LogP contribution in [0.5, 0.6) is 11.5 Å². The first-order valence-electron chi connectivity index (χ1n) is 5.84. The second kappa shape index (κ2) is 6.64. The molecule has 0 bridgehead atoms. The monoisotopic (exact) mass is 310 g/mol. The molecule has 104 valence electrons. The van der Waals surface area contributed by atoms with Gasteiger partial charge in [-0.2, -0.15) is 0 Å². The van der Waals surface area contributed by atoms with Crippen LogP contribution in [0.3, 0.4) is 0 Å². The lowest BCUT2D eigenvalue weighted by atomic mass is 10.2. The molecule has 0 N–H and O–H groups in total. The Hall–Kier alpha value is -1.71. The highest BCUT2D eigenvalue weighted by atomic mass is 35.5. The smallest absolute Gasteiger partial charge is 0.162 e. The summed E-state index contributed by atoms with van der Waals surface area (Å²) in [4.78, 5) is 10.8. The van der Waals surface area contributed by atoms with E-state index in [1.807, 2.05) is 6.07 Å². The Labute approximate surface area is 127 Å². The number of hydrogen-bond acceptors (Lipinski definition) is 3. The molecule has 0 spiro atoms. The van der Waals surface area contributed by atoms with Crippen LogP contribution in [0, 0.1) is 0 Å². The van der Waals surface area contributed by atoms with E-state index in [4.69, 9.17) is 32.7 Å². The highest BCUT2D eigenvalue weighted by Crippen LogP contribution is 2.29. The standard InChI is InChI=1S/C15H12Cl2O3/c1-19-14-5-3-10(8-18)7-15(14)20-9-11-2-4-12(16)13(17)6-11/h2-8H,9H2,1H3. The molecule has 5 heteroatoms. The third kappa shape index (κ3) is 3.44. The average molecular weight is 311 g/mol. The van der Waals surface area contributed by atoms with Crippen molar-refractivity contribution in [2.75, 3.05) is 7.11 Å². The molecule has 2 aromatic carbocycles. The van der Waals surface area contributed by atoms with Crippen LogP contribution < -0.4 is 9.47 Å². The van der Waals surface area contributed by atoms with Crippen molar-refractivity contribution in [3.05, 3.63) is 57.6 Å². The van der Waals surface area contributed by atoms with Gasteiger partial charge in [-0.3, -0.25) is 4.79 Å². The second-order valence-corrected chi connectivity index (χ2v) is 4.88. The van der Waals surface area contributed by atoms with Crippen LogP contribution in [-0.4, -0.2) is 13.4 Å². The number of hydrogen-bond donors (Lipinski definition) is 0. The molecule has 0 amide bonds. The first kappa shape index (κ1) is 14.7. The highest BCUT2D eigenvalue weighted by Gasteiger charge is 2.07. The number of benzene rings is 2. The minimum Gasteiger partial charge on any atom is -0.493 e. The van der Waals surface area contributed by atoms with E-state index in [2.05, 4.69) is 0 Å². The van der Waals surface area contributed by atoms with E-state index in [0.717, 1.165) is 11.8 Å². The maximum absolute atomic E-state index is 10.8. The Morgan fingerprint density at radius 2 is 1.85 bits per heavy atom. The molecule has 0 aromatic heterocycles. The molecule has 20 heavy (non-hydrogen) atoms. The number of carbonyl (C=O) groups is 1. The Bertz CT molecular complexity index is 627. The zero-order valence-electron chi connectivity index (χ0n) is 10.7. The van der Waals surface area contributed by atoms with Gasteiger partial charge >= 0.3 is 0 Å². The summed E-state index contributed by atoms with van der Waals surface area (Å²) in [7, 11) is 1.54. The van der Waals surface area contributed by atoms with E-state index in [1.54, 1.807) is 37.4 Å². The topological polar surface area (TPSA) is 35.5 Å². The van der Waals surface area contributed by atoms with Crippen LogP contribution in [-0.2, 0) is 6.61 Å². The van der Waals surface area contributed by atoms with Crippen molar-refractivity contribution >= 4 is 29.5 Å². The van der Waals surface area contributed by atoms with Gasteiger partial charge in [-0.25, -0.2) is 0 Å². The molecule has 3 nitrogen and oxygen atoms in total. The van der Waals surface area contributed by atoms with Gasteiger partial charge in [0.25, 0.3) is 0 Å². The van der Waals surface area contributed by atoms with Crippen molar-refractivity contribution in [3.63, 3.8) is 0 Å². The van der Waals surface area contributed by atoms with E-state index in [0.29, 0.717) is 33.7 Å². The maximum Gasteiger partial charge on any atom is 0.162 e. The normalized spacial score (nSPS) is 10.2. The molecule has 0 unspecified atom stereocenters. The molecule has 0 saturated heterocycles. The molecule has 2 aromatic rings. The Kier molecular flexibility index (Phi) is 4.88. The van der Waals surface area contributed by atoms with Crippen molar-refractivity contribution in [3.8, 4) is 11.5 Å². The van der Waals surface area contributed by atoms with Crippen molar-refractivity contribution in [1.29, 1.82) is 0 Å². The zero-order valence-corrected chi connectivity index (χ0v) is 12.2. The SMILES string of the molecule is COc1ccc(C=O)cc1OCc1ccc(Cl)c(Cl)c1. The van der Waals surface area contributed by atoms with Crippen LogP contribution in [0.15, 0.2) is 36.4 Å². The Morgan fingerprint density at radius 3 is 2.50 bits per heavy atom. The van der Waals surface area contributed by atoms with E-state index in [1.165, 1.54) is 0 Å². The molecule has 0 fully saturated rings. The van der Waals surface area contributed by atoms with Gasteiger partial charge in [0.05, 0.1) is 17.2 Å². The largest absolute Gasteiger partial charge is 0.493 e. The molecule has 0 aliphatic carbocycles. The maximum atomic E-state index is 10.8. The molecule has 0 saturated carbocycles. The zero-order chi connectivity index (χ0) is 14.5. The van der Waals surface area contributed by atoms with Crippen LogP contribution >= 0.6 is 23.2 Å². The molecule has 0 atom stereocenters. The third-order valence-electron chi connectivity index (χ3n) is 2.70. The Morgan fingerprint density at radius 1 is 1.05 bits per heavy atom. The fourth-order valence-electron chi connectivity index (χ4n) is 1.67. The first-order chi connectivity index (χ1) is 9.63. The molecule has 0 radical (unpaired) electrons. The predicted molar refractivity (Wildman–Crippen MR) is 79.2 cm³/mol. The van der Waals surface area contributed by atoms with Crippen molar-refractivity contribution in [1.82, 2.24) is 0 Å². The summed E-state index contributed by atoms with van der Waals surface area (Å²) >= 11 is 11.8. The van der Waals surface area contributed by atoms with Gasteiger partial charge in [0.2, 0.25) is 0 Å². The molecule has 0 heterocycles. The van der Waals surface area contributed by atoms with Crippen LogP contribution in [0.25, 0.3) is 0 Å². The summed E-state index contributed by atoms with van der Waals surface area (Å²) in [6, 6.07) is 10.3. The third-order valence-corrected chi connectivity index (χ3v) is 3.44. The van der Waals surface area contributed by atoms with Crippen LogP contribution in [0.2, 0.25) is 10.0 Å². The summed E-state index contributed by atoms with van der Waals surface area (Å²) in [5, 5.41) is 0.970. The van der Waals surface area contributed by atoms with Crippen LogP contribution in [0.4, 0.5) is 0 Å². The number of aldehydes is 1. The number of methoxy groups -OCH3 is 1. The summed E-state index contributed by atoms with van der Waals surface area (Å²) < 4.78 is 10.9. The summed E-state index contributed by atoms with van der Waals surface area (Å²) in [5.41, 5.74) is 1.40. The molecular formula is C15H12Cl2O3. The van der Waals surface area contributed by atoms with E-state index in [9.17, 15) is 4.79 Å². The fourth-order valence-corrected chi connectivity index (χ4v) is 1.99. The lowest BCUT2D eigenvalue weighted by Gasteiger charge is -2.11. The highest BCUT2D eigenvalue weighted by molar-refractivity contribution is 6.42. The number of carbonyl (C=O) groups excluding carboxylic acids is 1. The van der Waals surface area contributed by atoms with Gasteiger partial charge in [0.15, 0.2) is 11.5 Å². The van der Waals surface area contributed by atoms with Gasteiger partial charge in [-0.15, -0.1) is 0 Å². The molecule has 0 aliphatic rings. The molecular weight excluding hydrogens is 299 g/mol. The number of rotatable bonds is 5. The van der Waals surface area contributed by atoms with E-state index >= 15 is 0 Å².